The van der Waals surface area contributed by atoms with Crippen LogP contribution in [0.25, 0.3) is 0 Å². The van der Waals surface area contributed by atoms with Gasteiger partial charge in [0, 0.05) is 6.08 Å². The van der Waals surface area contributed by atoms with E-state index in [0.29, 0.717) is 12.5 Å². The molecule has 3 nitrogen and oxygen atoms in total. The van der Waals surface area contributed by atoms with E-state index in [0.717, 1.165) is 37.7 Å². The molecule has 0 amide bonds. The molecule has 0 fully saturated rings. The maximum atomic E-state index is 11.4. The third kappa shape index (κ3) is 6.90. The van der Waals surface area contributed by atoms with Gasteiger partial charge in [0.05, 0.1) is 12.2 Å². The van der Waals surface area contributed by atoms with Crippen molar-refractivity contribution < 1.29 is 14.6 Å². The van der Waals surface area contributed by atoms with Crippen LogP contribution in [0.1, 0.15) is 59.8 Å². The van der Waals surface area contributed by atoms with Gasteiger partial charge in [0.1, 0.15) is 0 Å². The Morgan fingerprint density at radius 3 is 2.80 bits per heavy atom. The van der Waals surface area contributed by atoms with Crippen molar-refractivity contribution in [3.63, 3.8) is 0 Å². The lowest BCUT2D eigenvalue weighted by molar-refractivity contribution is -0.137. The minimum Gasteiger partial charge on any atom is -0.463 e. The molecule has 0 spiro atoms. The Morgan fingerprint density at radius 1 is 1.50 bits per heavy atom. The normalized spacial score (nSPS) is 19.1. The number of aliphatic hydroxyl groups is 1. The molecule has 0 bridgehead atoms. The average molecular weight is 280 g/mol. The van der Waals surface area contributed by atoms with Crippen LogP contribution in [-0.4, -0.2) is 23.3 Å². The minimum atomic E-state index is -0.576. The second kappa shape index (κ2) is 7.63. The van der Waals surface area contributed by atoms with Crippen molar-refractivity contribution in [2.75, 3.05) is 6.61 Å². The number of rotatable bonds is 7. The molecular formula is C17H28O3. The number of hydrogen-bond acceptors (Lipinski definition) is 3. The van der Waals surface area contributed by atoms with Gasteiger partial charge in [-0.1, -0.05) is 18.6 Å². The van der Waals surface area contributed by atoms with E-state index in [9.17, 15) is 9.90 Å². The molecular weight excluding hydrogens is 252 g/mol. The number of ether oxygens (including phenoxy) is 1. The molecule has 1 aliphatic carbocycles. The fraction of sp³-hybridized carbons (Fsp3) is 0.706. The predicted octanol–water partition coefficient (Wildman–Crippen LogP) is 3.77. The summed E-state index contributed by atoms with van der Waals surface area (Å²) in [4.78, 5) is 11.4. The fourth-order valence-corrected chi connectivity index (χ4v) is 2.47. The van der Waals surface area contributed by atoms with Crippen molar-refractivity contribution in [2.45, 2.75) is 65.4 Å². The molecule has 0 heterocycles. The van der Waals surface area contributed by atoms with Crippen molar-refractivity contribution in [1.29, 1.82) is 0 Å². The molecule has 0 aromatic heterocycles. The fourth-order valence-electron chi connectivity index (χ4n) is 2.47. The maximum Gasteiger partial charge on any atom is 0.331 e. The van der Waals surface area contributed by atoms with Crippen molar-refractivity contribution in [1.82, 2.24) is 0 Å². The first-order valence-electron chi connectivity index (χ1n) is 7.59. The molecule has 1 N–H and O–H groups in total. The number of esters is 1. The van der Waals surface area contributed by atoms with Gasteiger partial charge in [-0.2, -0.15) is 0 Å². The van der Waals surface area contributed by atoms with Gasteiger partial charge in [0.2, 0.25) is 0 Å². The summed E-state index contributed by atoms with van der Waals surface area (Å²) in [6, 6.07) is 0. The van der Waals surface area contributed by atoms with Crippen molar-refractivity contribution in [3.05, 3.63) is 23.3 Å². The van der Waals surface area contributed by atoms with Gasteiger partial charge in [-0.25, -0.2) is 4.79 Å². The van der Waals surface area contributed by atoms with E-state index in [1.54, 1.807) is 6.08 Å². The second-order valence-corrected chi connectivity index (χ2v) is 6.43. The van der Waals surface area contributed by atoms with Crippen LogP contribution in [0.3, 0.4) is 0 Å². The Labute approximate surface area is 122 Å². The number of hydrogen-bond donors (Lipinski definition) is 1. The molecule has 1 rings (SSSR count). The lowest BCUT2D eigenvalue weighted by Crippen LogP contribution is -2.19. The molecule has 20 heavy (non-hydrogen) atoms. The zero-order valence-corrected chi connectivity index (χ0v) is 13.2. The van der Waals surface area contributed by atoms with E-state index < -0.39 is 5.60 Å². The van der Waals surface area contributed by atoms with E-state index >= 15 is 0 Å². The minimum absolute atomic E-state index is 0.241. The Kier molecular flexibility index (Phi) is 6.47. The van der Waals surface area contributed by atoms with Crippen LogP contribution < -0.4 is 0 Å². The van der Waals surface area contributed by atoms with Crippen LogP contribution in [0, 0.1) is 5.92 Å². The van der Waals surface area contributed by atoms with E-state index in [4.69, 9.17) is 4.74 Å². The van der Waals surface area contributed by atoms with Gasteiger partial charge in [-0.05, 0) is 64.4 Å². The smallest absolute Gasteiger partial charge is 0.331 e. The lowest BCUT2D eigenvalue weighted by Gasteiger charge is -2.20. The Hall–Kier alpha value is -1.09. The number of carbonyl (C=O) groups is 1. The van der Waals surface area contributed by atoms with Gasteiger partial charge >= 0.3 is 5.97 Å². The molecule has 0 aromatic rings. The summed E-state index contributed by atoms with van der Waals surface area (Å²) in [5, 5.41) is 9.74. The molecule has 114 valence electrons. The lowest BCUT2D eigenvalue weighted by atomic mass is 9.91. The molecule has 1 aliphatic rings. The van der Waals surface area contributed by atoms with E-state index in [2.05, 4.69) is 13.0 Å². The van der Waals surface area contributed by atoms with Crippen molar-refractivity contribution >= 4 is 5.97 Å². The highest BCUT2D eigenvalue weighted by molar-refractivity contribution is 5.83. The maximum absolute atomic E-state index is 11.4. The van der Waals surface area contributed by atoms with E-state index in [1.165, 1.54) is 5.57 Å². The third-order valence-electron chi connectivity index (χ3n) is 3.57. The van der Waals surface area contributed by atoms with Gasteiger partial charge in [-0.15, -0.1) is 0 Å². The third-order valence-corrected chi connectivity index (χ3v) is 3.57. The molecule has 0 radical (unpaired) electrons. The summed E-state index contributed by atoms with van der Waals surface area (Å²) in [7, 11) is 0. The topological polar surface area (TPSA) is 46.5 Å². The summed E-state index contributed by atoms with van der Waals surface area (Å²) in [5.41, 5.74) is 1.91. The monoisotopic (exact) mass is 280 g/mol. The predicted molar refractivity (Wildman–Crippen MR) is 81.3 cm³/mol. The number of allylic oxidation sites excluding steroid dienone is 3. The second-order valence-electron chi connectivity index (χ2n) is 6.43. The van der Waals surface area contributed by atoms with Gasteiger partial charge in [0.15, 0.2) is 0 Å². The van der Waals surface area contributed by atoms with Gasteiger partial charge in [-0.3, -0.25) is 0 Å². The van der Waals surface area contributed by atoms with E-state index in [1.807, 2.05) is 20.8 Å². The molecule has 3 heteroatoms. The molecule has 1 atom stereocenters. The summed E-state index contributed by atoms with van der Waals surface area (Å²) in [5.74, 6) is 0.324. The Morgan fingerprint density at radius 2 is 2.20 bits per heavy atom. The highest BCUT2D eigenvalue weighted by atomic mass is 16.5. The van der Waals surface area contributed by atoms with Crippen LogP contribution >= 0.6 is 0 Å². The summed E-state index contributed by atoms with van der Waals surface area (Å²) >= 11 is 0. The van der Waals surface area contributed by atoms with Crippen LogP contribution in [0.4, 0.5) is 0 Å². The van der Waals surface area contributed by atoms with Crippen LogP contribution in [0.5, 0.6) is 0 Å². The highest BCUT2D eigenvalue weighted by Gasteiger charge is 2.17. The first-order chi connectivity index (χ1) is 9.30. The van der Waals surface area contributed by atoms with Crippen molar-refractivity contribution in [2.24, 2.45) is 5.92 Å². The van der Waals surface area contributed by atoms with E-state index in [-0.39, 0.29) is 5.97 Å². The SMILES string of the molecule is CCOC(=O)/C=C1/C=C(CC(C)CCC(C)(C)O)CC1. The zero-order chi connectivity index (χ0) is 15.2. The van der Waals surface area contributed by atoms with Crippen molar-refractivity contribution in [3.8, 4) is 0 Å². The van der Waals surface area contributed by atoms with Crippen LogP contribution in [0.2, 0.25) is 0 Å². The highest BCUT2D eigenvalue weighted by Crippen LogP contribution is 2.30. The summed E-state index contributed by atoms with van der Waals surface area (Å²) in [6.45, 7) is 8.17. The zero-order valence-electron chi connectivity index (χ0n) is 13.2. The Balaban J connectivity index is 2.43. The van der Waals surface area contributed by atoms with Crippen LogP contribution in [-0.2, 0) is 9.53 Å². The van der Waals surface area contributed by atoms with Gasteiger partial charge < -0.3 is 9.84 Å². The summed E-state index contributed by atoms with van der Waals surface area (Å²) < 4.78 is 4.92. The first-order valence-corrected chi connectivity index (χ1v) is 7.59. The molecule has 0 aliphatic heterocycles. The quantitative estimate of drug-likeness (QED) is 0.570. The first kappa shape index (κ1) is 17.0. The summed E-state index contributed by atoms with van der Waals surface area (Å²) in [6.07, 6.45) is 8.63. The Bertz CT molecular complexity index is 386. The molecule has 0 aromatic carbocycles. The molecule has 0 saturated carbocycles. The standard InChI is InChI=1S/C17H28O3/c1-5-20-16(18)12-15-7-6-14(11-15)10-13(2)8-9-17(3,4)19/h11-13,19H,5-10H2,1-4H3/b15-12+. The largest absolute Gasteiger partial charge is 0.463 e. The van der Waals surface area contributed by atoms with Gasteiger partial charge in [0.25, 0.3) is 0 Å². The number of carbonyl (C=O) groups excluding carboxylic acids is 1. The average Bonchev–Trinajstić information content (AvgIpc) is 2.73. The van der Waals surface area contributed by atoms with Crippen LogP contribution in [0.15, 0.2) is 23.3 Å². The molecule has 1 unspecified atom stereocenters. The molecule has 0 saturated heterocycles.